The lowest BCUT2D eigenvalue weighted by Crippen LogP contribution is -2.40. The van der Waals surface area contributed by atoms with Gasteiger partial charge in [-0.25, -0.2) is 9.97 Å². The van der Waals surface area contributed by atoms with Crippen molar-refractivity contribution in [3.05, 3.63) is 105 Å². The van der Waals surface area contributed by atoms with Gasteiger partial charge in [-0.05, 0) is 66.6 Å². The zero-order valence-electron chi connectivity index (χ0n) is 29.9. The summed E-state index contributed by atoms with van der Waals surface area (Å²) >= 11 is 7.25. The maximum absolute atomic E-state index is 13.3. The summed E-state index contributed by atoms with van der Waals surface area (Å²) in [6.07, 6.45) is 7.19. The van der Waals surface area contributed by atoms with Gasteiger partial charge >= 0.3 is 0 Å². The number of hydrogen-bond donors (Lipinski definition) is 4. The molecule has 5 aromatic rings. The summed E-state index contributed by atoms with van der Waals surface area (Å²) in [5, 5.41) is 13.6. The van der Waals surface area contributed by atoms with Crippen LogP contribution in [-0.4, -0.2) is 64.9 Å². The molecule has 2 fully saturated rings. The van der Waals surface area contributed by atoms with Crippen LogP contribution in [0.1, 0.15) is 54.8 Å². The van der Waals surface area contributed by atoms with Crippen molar-refractivity contribution >= 4 is 34.9 Å². The van der Waals surface area contributed by atoms with E-state index >= 15 is 0 Å². The Bertz CT molecular complexity index is 2290. The molecule has 3 aliphatic rings. The Morgan fingerprint density at radius 2 is 1.58 bits per heavy atom. The van der Waals surface area contributed by atoms with E-state index < -0.39 is 0 Å². The molecule has 3 aliphatic heterocycles. The van der Waals surface area contributed by atoms with Crippen LogP contribution < -0.4 is 31.7 Å². The quantitative estimate of drug-likeness (QED) is 0.155. The lowest BCUT2D eigenvalue weighted by Gasteiger charge is -2.33. The molecule has 3 aromatic heterocycles. The van der Waals surface area contributed by atoms with Crippen LogP contribution in [0.25, 0.3) is 39.2 Å². The Kier molecular flexibility index (Phi) is 9.72. The van der Waals surface area contributed by atoms with Crippen molar-refractivity contribution in [1.29, 1.82) is 0 Å². The van der Waals surface area contributed by atoms with Crippen LogP contribution in [0.15, 0.2) is 77.9 Å². The number of rotatable bonds is 10. The van der Waals surface area contributed by atoms with Crippen LogP contribution >= 0.6 is 11.6 Å². The number of halogens is 1. The number of amides is 2. The van der Waals surface area contributed by atoms with Gasteiger partial charge in [0.25, 0.3) is 5.56 Å². The summed E-state index contributed by atoms with van der Waals surface area (Å²) in [5.74, 6) is 1.14. The van der Waals surface area contributed by atoms with Crippen LogP contribution in [0.4, 0.5) is 5.82 Å². The van der Waals surface area contributed by atoms with Gasteiger partial charge in [-0.1, -0.05) is 54.1 Å². The molecule has 2 amide bonds. The first-order chi connectivity index (χ1) is 25.7. The fourth-order valence-corrected chi connectivity index (χ4v) is 8.21. The fraction of sp³-hybridized carbons (Fsp3) is 0.341. The van der Waals surface area contributed by atoms with Gasteiger partial charge in [-0.15, -0.1) is 0 Å². The Hall–Kier alpha value is -5.10. The first kappa shape index (κ1) is 35.0. The summed E-state index contributed by atoms with van der Waals surface area (Å²) in [5.41, 5.74) is 8.80. The molecular weight excluding hydrogens is 688 g/mol. The minimum Gasteiger partial charge on any atom is -0.359 e. The molecule has 0 radical (unpaired) electrons. The highest BCUT2D eigenvalue weighted by molar-refractivity contribution is 6.36. The zero-order valence-corrected chi connectivity index (χ0v) is 30.7. The van der Waals surface area contributed by atoms with E-state index in [4.69, 9.17) is 16.6 Å². The summed E-state index contributed by atoms with van der Waals surface area (Å²) in [4.78, 5) is 48.5. The van der Waals surface area contributed by atoms with Crippen LogP contribution in [0, 0.1) is 6.92 Å². The van der Waals surface area contributed by atoms with E-state index in [0.717, 1.165) is 82.8 Å². The third-order valence-corrected chi connectivity index (χ3v) is 11.3. The largest absolute Gasteiger partial charge is 0.359 e. The van der Waals surface area contributed by atoms with Crippen molar-refractivity contribution in [2.45, 2.75) is 63.7 Å². The van der Waals surface area contributed by atoms with E-state index in [1.54, 1.807) is 16.8 Å². The lowest BCUT2D eigenvalue weighted by atomic mass is 9.91. The van der Waals surface area contributed by atoms with Gasteiger partial charge in [0.1, 0.15) is 11.5 Å². The van der Waals surface area contributed by atoms with Gasteiger partial charge in [-0.3, -0.25) is 18.8 Å². The van der Waals surface area contributed by atoms with E-state index in [1.165, 1.54) is 0 Å². The minimum absolute atomic E-state index is 0.0741. The number of carbonyl (C=O) groups is 2. The molecule has 53 heavy (non-hydrogen) atoms. The number of pyridine rings is 2. The predicted molar refractivity (Wildman–Crippen MR) is 208 cm³/mol. The third kappa shape index (κ3) is 7.04. The number of fused-ring (bicyclic) bond motifs is 2. The number of aromatic nitrogens is 3. The second kappa shape index (κ2) is 14.7. The Morgan fingerprint density at radius 3 is 2.34 bits per heavy atom. The molecule has 0 saturated carbocycles. The summed E-state index contributed by atoms with van der Waals surface area (Å²) in [7, 11) is 2.07. The first-order valence-electron chi connectivity index (χ1n) is 18.4. The van der Waals surface area contributed by atoms with Crippen molar-refractivity contribution in [2.75, 3.05) is 31.6 Å². The third-order valence-electron chi connectivity index (χ3n) is 10.9. The van der Waals surface area contributed by atoms with E-state index in [-0.39, 0.29) is 35.5 Å². The second-order valence-electron chi connectivity index (χ2n) is 14.4. The maximum Gasteiger partial charge on any atom is 0.262 e. The van der Waals surface area contributed by atoms with E-state index in [2.05, 4.69) is 69.4 Å². The standard InChI is InChI=1S/C41H43ClN8O3/c1-24-29(25-15-18-50-36(19-25)45-21-26(41(50)53)20-43-22-27-9-13-37(51)46-27)5-3-6-30(24)31-7-4-8-32(39(31)42)35-12-11-33-34(16-17-49(2)40(33)48-35)44-23-28-10-14-38(52)47-28/h3-8,11-12,15,18-19,21,27-28,34,43-44H,9-10,13-14,16-17,20,22-23H2,1-2H3,(H,46,51)(H,47,52)/t27-,28+,34-/m1/s1. The van der Waals surface area contributed by atoms with Crippen LogP contribution in [0.2, 0.25) is 5.02 Å². The van der Waals surface area contributed by atoms with Crippen LogP contribution in [-0.2, 0) is 16.1 Å². The van der Waals surface area contributed by atoms with Crippen molar-refractivity contribution in [1.82, 2.24) is 35.6 Å². The number of nitrogens with zero attached hydrogens (tertiary/aromatic N) is 4. The van der Waals surface area contributed by atoms with Gasteiger partial charge in [0.2, 0.25) is 11.8 Å². The maximum atomic E-state index is 13.3. The molecule has 2 aromatic carbocycles. The predicted octanol–water partition coefficient (Wildman–Crippen LogP) is 5.17. The number of nitrogens with one attached hydrogen (secondary N) is 4. The van der Waals surface area contributed by atoms with E-state index in [1.807, 2.05) is 36.4 Å². The van der Waals surface area contributed by atoms with Gasteiger partial charge in [0, 0.05) is 98.8 Å². The highest BCUT2D eigenvalue weighted by Gasteiger charge is 2.28. The molecule has 0 bridgehead atoms. The molecule has 0 unspecified atom stereocenters. The van der Waals surface area contributed by atoms with E-state index in [0.29, 0.717) is 42.2 Å². The zero-order chi connectivity index (χ0) is 36.6. The van der Waals surface area contributed by atoms with Gasteiger partial charge < -0.3 is 26.2 Å². The number of hydrogen-bond acceptors (Lipinski definition) is 8. The topological polar surface area (TPSA) is 133 Å². The summed E-state index contributed by atoms with van der Waals surface area (Å²) in [6.45, 7) is 4.69. The Balaban J connectivity index is 1.03. The van der Waals surface area contributed by atoms with Crippen LogP contribution in [0.5, 0.6) is 0 Å². The normalized spacial score (nSPS) is 19.8. The van der Waals surface area contributed by atoms with Gasteiger partial charge in [0.05, 0.1) is 10.7 Å². The van der Waals surface area contributed by atoms with Crippen molar-refractivity contribution in [3.8, 4) is 33.5 Å². The molecule has 2 saturated heterocycles. The van der Waals surface area contributed by atoms with Gasteiger partial charge in [0.15, 0.2) is 0 Å². The summed E-state index contributed by atoms with van der Waals surface area (Å²) < 4.78 is 1.58. The molecule has 3 atom stereocenters. The molecule has 0 aliphatic carbocycles. The van der Waals surface area contributed by atoms with Crippen molar-refractivity contribution in [3.63, 3.8) is 0 Å². The fourth-order valence-electron chi connectivity index (χ4n) is 7.89. The van der Waals surface area contributed by atoms with Gasteiger partial charge in [-0.2, -0.15) is 0 Å². The average Bonchev–Trinajstić information content (AvgIpc) is 3.79. The molecule has 12 heteroatoms. The smallest absolute Gasteiger partial charge is 0.262 e. The van der Waals surface area contributed by atoms with Crippen molar-refractivity contribution < 1.29 is 9.59 Å². The monoisotopic (exact) mass is 730 g/mol. The molecular formula is C41H43ClN8O3. The first-order valence-corrected chi connectivity index (χ1v) is 18.8. The molecule has 6 heterocycles. The highest BCUT2D eigenvalue weighted by Crippen LogP contribution is 2.41. The summed E-state index contributed by atoms with van der Waals surface area (Å²) in [6, 6.07) is 20.8. The highest BCUT2D eigenvalue weighted by atomic mass is 35.5. The molecule has 0 spiro atoms. The molecule has 8 rings (SSSR count). The number of anilines is 1. The molecule has 11 nitrogen and oxygen atoms in total. The minimum atomic E-state index is -0.119. The van der Waals surface area contributed by atoms with Crippen LogP contribution in [0.3, 0.4) is 0 Å². The van der Waals surface area contributed by atoms with E-state index in [9.17, 15) is 14.4 Å². The SMILES string of the molecule is Cc1c(-c2ccn3c(=O)c(CNC[C@H]4CCC(=O)N4)cnc3c2)cccc1-c1cccc(-c2ccc3c(n2)N(C)CC[C@H]3NC[C@@H]2CCC(=O)N2)c1Cl. The number of carbonyl (C=O) groups excluding carboxylic acids is 2. The number of benzene rings is 2. The molecule has 4 N–H and O–H groups in total. The Morgan fingerprint density at radius 1 is 0.868 bits per heavy atom. The Labute approximate surface area is 313 Å². The lowest BCUT2D eigenvalue weighted by molar-refractivity contribution is -0.120. The molecule has 272 valence electrons. The average molecular weight is 731 g/mol. The second-order valence-corrected chi connectivity index (χ2v) is 14.8. The van der Waals surface area contributed by atoms with Crippen molar-refractivity contribution in [2.24, 2.45) is 0 Å².